The van der Waals surface area contributed by atoms with Crippen molar-refractivity contribution in [1.29, 1.82) is 0 Å². The summed E-state index contributed by atoms with van der Waals surface area (Å²) in [6.07, 6.45) is 1.99. The van der Waals surface area contributed by atoms with Crippen molar-refractivity contribution in [2.75, 3.05) is 26.3 Å². The van der Waals surface area contributed by atoms with Gasteiger partial charge in [-0.2, -0.15) is 0 Å². The van der Waals surface area contributed by atoms with E-state index < -0.39 is 36.7 Å². The van der Waals surface area contributed by atoms with Crippen LogP contribution in [0.3, 0.4) is 0 Å². The lowest BCUT2D eigenvalue weighted by atomic mass is 10.2. The smallest absolute Gasteiger partial charge is 0.411 e. The Morgan fingerprint density at radius 1 is 0.955 bits per heavy atom. The highest BCUT2D eigenvalue weighted by Crippen LogP contribution is 2.10. The first-order chi connectivity index (χ1) is 10.2. The molecule has 124 valence electrons. The maximum atomic E-state index is 12.0. The van der Waals surface area contributed by atoms with Gasteiger partial charge in [-0.3, -0.25) is 14.5 Å². The minimum Gasteiger partial charge on any atom is -0.460 e. The largest absolute Gasteiger partial charge is 0.460 e. The Hall–Kier alpha value is -2.31. The molecule has 0 rings (SSSR count). The zero-order chi connectivity index (χ0) is 17.2. The molecule has 22 heavy (non-hydrogen) atoms. The van der Waals surface area contributed by atoms with E-state index in [1.54, 1.807) is 20.8 Å². The average Bonchev–Trinajstić information content (AvgIpc) is 2.40. The molecule has 0 unspecified atom stereocenters. The van der Waals surface area contributed by atoms with Gasteiger partial charge in [0.15, 0.2) is 0 Å². The number of hydrogen-bond donors (Lipinski definition) is 0. The summed E-state index contributed by atoms with van der Waals surface area (Å²) in [4.78, 5) is 36.1. The van der Waals surface area contributed by atoms with Crippen molar-refractivity contribution in [3.8, 4) is 0 Å². The van der Waals surface area contributed by atoms with Gasteiger partial charge in [-0.25, -0.2) is 4.79 Å². The summed E-state index contributed by atoms with van der Waals surface area (Å²) in [6, 6.07) is 0. The summed E-state index contributed by atoms with van der Waals surface area (Å²) < 4.78 is 14.7. The minimum absolute atomic E-state index is 0.0158. The van der Waals surface area contributed by atoms with Crippen LogP contribution >= 0.6 is 0 Å². The molecule has 0 spiro atoms. The molecule has 1 amide bonds. The van der Waals surface area contributed by atoms with Crippen LogP contribution in [0, 0.1) is 0 Å². The van der Waals surface area contributed by atoms with Crippen molar-refractivity contribution in [2.24, 2.45) is 0 Å². The average molecular weight is 313 g/mol. The molecule has 0 aliphatic carbocycles. The Kier molecular flexibility index (Phi) is 8.59. The zero-order valence-electron chi connectivity index (χ0n) is 13.3. The van der Waals surface area contributed by atoms with Crippen molar-refractivity contribution in [1.82, 2.24) is 4.90 Å². The van der Waals surface area contributed by atoms with E-state index in [1.165, 1.54) is 12.2 Å². The Morgan fingerprint density at radius 2 is 1.36 bits per heavy atom. The molecule has 0 aromatic carbocycles. The maximum absolute atomic E-state index is 12.0. The molecule has 0 atom stereocenters. The molecule has 0 heterocycles. The number of hydrogen-bond acceptors (Lipinski definition) is 6. The van der Waals surface area contributed by atoms with Gasteiger partial charge in [0.2, 0.25) is 0 Å². The summed E-state index contributed by atoms with van der Waals surface area (Å²) in [5, 5.41) is 0. The lowest BCUT2D eigenvalue weighted by Gasteiger charge is -2.26. The normalized spacial score (nSPS) is 10.3. The van der Waals surface area contributed by atoms with Gasteiger partial charge in [-0.1, -0.05) is 25.3 Å². The Labute approximate surface area is 130 Å². The lowest BCUT2D eigenvalue weighted by molar-refractivity contribution is -0.147. The van der Waals surface area contributed by atoms with Crippen molar-refractivity contribution in [3.63, 3.8) is 0 Å². The zero-order valence-corrected chi connectivity index (χ0v) is 13.3. The van der Waals surface area contributed by atoms with E-state index in [0.29, 0.717) is 0 Å². The number of carbonyl (C=O) groups excluding carboxylic acids is 3. The highest BCUT2D eigenvalue weighted by molar-refractivity contribution is 5.82. The number of carbonyl (C=O) groups is 3. The molecule has 0 aliphatic heterocycles. The van der Waals surface area contributed by atoms with Gasteiger partial charge in [-0.15, -0.1) is 0 Å². The summed E-state index contributed by atoms with van der Waals surface area (Å²) >= 11 is 0. The van der Waals surface area contributed by atoms with Crippen molar-refractivity contribution >= 4 is 18.0 Å². The Bertz CT molecular complexity index is 398. The fraction of sp³-hybridized carbons (Fsp3) is 0.533. The standard InChI is InChI=1S/C15H23NO6/c1-6-8-20-12(17)10-16(11-13(18)21-9-7-2)14(19)22-15(3,4)5/h6-7H,1-2,8-11H2,3-5H3. The molecular formula is C15H23NO6. The third-order valence-corrected chi connectivity index (χ3v) is 2.02. The molecule has 0 fully saturated rings. The quantitative estimate of drug-likeness (QED) is 0.385. The number of ether oxygens (including phenoxy) is 3. The molecular weight excluding hydrogens is 290 g/mol. The molecule has 0 aliphatic rings. The first kappa shape index (κ1) is 19.7. The maximum Gasteiger partial charge on any atom is 0.411 e. The number of esters is 2. The van der Waals surface area contributed by atoms with Crippen LogP contribution in [0.15, 0.2) is 25.3 Å². The third kappa shape index (κ3) is 9.57. The molecule has 7 nitrogen and oxygen atoms in total. The molecule has 0 saturated heterocycles. The van der Waals surface area contributed by atoms with Crippen LogP contribution in [-0.4, -0.2) is 54.8 Å². The molecule has 0 N–H and O–H groups in total. The van der Waals surface area contributed by atoms with Gasteiger partial charge in [-0.05, 0) is 20.8 Å². The van der Waals surface area contributed by atoms with Crippen molar-refractivity contribution in [2.45, 2.75) is 26.4 Å². The van der Waals surface area contributed by atoms with Crippen LogP contribution in [0.25, 0.3) is 0 Å². The SMILES string of the molecule is C=CCOC(=O)CN(CC(=O)OCC=C)C(=O)OC(C)(C)C. The molecule has 0 aromatic rings. The number of nitrogens with zero attached hydrogens (tertiary/aromatic N) is 1. The highest BCUT2D eigenvalue weighted by atomic mass is 16.6. The second-order valence-corrected chi connectivity index (χ2v) is 5.28. The number of amides is 1. The minimum atomic E-state index is -0.807. The van der Waals surface area contributed by atoms with E-state index in [-0.39, 0.29) is 13.2 Å². The summed E-state index contributed by atoms with van der Waals surface area (Å²) in [5.41, 5.74) is -0.759. The first-order valence-corrected chi connectivity index (χ1v) is 6.70. The van der Waals surface area contributed by atoms with E-state index in [2.05, 4.69) is 13.2 Å². The van der Waals surface area contributed by atoms with E-state index >= 15 is 0 Å². The van der Waals surface area contributed by atoms with Crippen LogP contribution in [0.1, 0.15) is 20.8 Å². The van der Waals surface area contributed by atoms with E-state index in [1.807, 2.05) is 0 Å². The molecule has 0 radical (unpaired) electrons. The predicted molar refractivity (Wildman–Crippen MR) is 80.1 cm³/mol. The fourth-order valence-corrected chi connectivity index (χ4v) is 1.22. The summed E-state index contributed by atoms with van der Waals surface area (Å²) in [5.74, 6) is -1.36. The topological polar surface area (TPSA) is 82.1 Å². The third-order valence-electron chi connectivity index (χ3n) is 2.02. The second kappa shape index (κ2) is 9.59. The van der Waals surface area contributed by atoms with Gasteiger partial charge >= 0.3 is 18.0 Å². The number of rotatable bonds is 8. The van der Waals surface area contributed by atoms with Crippen LogP contribution in [-0.2, 0) is 23.8 Å². The van der Waals surface area contributed by atoms with Gasteiger partial charge in [0.25, 0.3) is 0 Å². The highest BCUT2D eigenvalue weighted by Gasteiger charge is 2.26. The molecule has 0 aromatic heterocycles. The van der Waals surface area contributed by atoms with Crippen LogP contribution < -0.4 is 0 Å². The Balaban J connectivity index is 4.77. The molecule has 0 saturated carbocycles. The second-order valence-electron chi connectivity index (χ2n) is 5.28. The van der Waals surface area contributed by atoms with E-state index in [9.17, 15) is 14.4 Å². The van der Waals surface area contributed by atoms with Crippen molar-refractivity contribution < 1.29 is 28.6 Å². The monoisotopic (exact) mass is 313 g/mol. The van der Waals surface area contributed by atoms with Gasteiger partial charge in [0.05, 0.1) is 0 Å². The fourth-order valence-electron chi connectivity index (χ4n) is 1.22. The van der Waals surface area contributed by atoms with Crippen molar-refractivity contribution in [3.05, 3.63) is 25.3 Å². The van der Waals surface area contributed by atoms with Gasteiger partial charge in [0, 0.05) is 0 Å². The van der Waals surface area contributed by atoms with Crippen LogP contribution in [0.2, 0.25) is 0 Å². The molecule has 0 bridgehead atoms. The predicted octanol–water partition coefficient (Wildman–Crippen LogP) is 1.68. The van der Waals surface area contributed by atoms with Crippen LogP contribution in [0.5, 0.6) is 0 Å². The van der Waals surface area contributed by atoms with Crippen LogP contribution in [0.4, 0.5) is 4.79 Å². The summed E-state index contributed by atoms with van der Waals surface area (Å²) in [6.45, 7) is 11.0. The molecule has 7 heteroatoms. The first-order valence-electron chi connectivity index (χ1n) is 6.70. The summed E-state index contributed by atoms with van der Waals surface area (Å²) in [7, 11) is 0. The van der Waals surface area contributed by atoms with Gasteiger partial charge < -0.3 is 14.2 Å². The van der Waals surface area contributed by atoms with E-state index in [0.717, 1.165) is 4.90 Å². The van der Waals surface area contributed by atoms with E-state index in [4.69, 9.17) is 14.2 Å². The lowest BCUT2D eigenvalue weighted by Crippen LogP contribution is -2.43. The Morgan fingerprint density at radius 3 is 1.68 bits per heavy atom. The van der Waals surface area contributed by atoms with Gasteiger partial charge in [0.1, 0.15) is 31.9 Å².